The van der Waals surface area contributed by atoms with Gasteiger partial charge in [-0.3, -0.25) is 9.89 Å². The first-order valence-corrected chi connectivity index (χ1v) is 7.81. The topological polar surface area (TPSA) is 28.0 Å². The van der Waals surface area contributed by atoms with E-state index in [1.165, 1.54) is 0 Å². The molecule has 0 spiro atoms. The van der Waals surface area contributed by atoms with Crippen molar-refractivity contribution in [2.45, 2.75) is 6.04 Å². The molecule has 2 aliphatic rings. The molecule has 0 N–H and O–H groups in total. The second-order valence-electron chi connectivity index (χ2n) is 3.96. The summed E-state index contributed by atoms with van der Waals surface area (Å²) in [5, 5.41) is 1.96. The largest absolute Gasteiger partial charge is 0.299 e. The molecule has 0 fully saturated rings. The van der Waals surface area contributed by atoms with Gasteiger partial charge in [-0.15, -0.1) is 0 Å². The number of hydrogen-bond donors (Lipinski definition) is 0. The summed E-state index contributed by atoms with van der Waals surface area (Å²) in [4.78, 5) is 11.6. The molecular weight excluding hydrogens is 298 g/mol. The van der Waals surface area contributed by atoms with Crippen LogP contribution in [0.2, 0.25) is 0 Å². The van der Waals surface area contributed by atoms with Crippen molar-refractivity contribution in [1.29, 1.82) is 0 Å². The molecular formula is C12H12BrN3S. The highest BCUT2D eigenvalue weighted by Gasteiger charge is 2.35. The minimum absolute atomic E-state index is 0.393. The second kappa shape index (κ2) is 4.46. The molecule has 5 heteroatoms. The first kappa shape index (κ1) is 11.3. The third kappa shape index (κ3) is 1.72. The third-order valence-electron chi connectivity index (χ3n) is 2.97. The Kier molecular flexibility index (Phi) is 2.96. The standard InChI is InChI=1S/C12H12BrN3S/c1-17-12-15-10-5-3-2-4-9(10)11-14-7-8(6-13)16(11)12/h2-5,8H,6-7H2,1H3. The molecule has 0 aliphatic carbocycles. The normalized spacial score (nSPS) is 21.8. The first-order chi connectivity index (χ1) is 8.35. The first-order valence-electron chi connectivity index (χ1n) is 5.47. The summed E-state index contributed by atoms with van der Waals surface area (Å²) in [7, 11) is 0. The molecule has 17 heavy (non-hydrogen) atoms. The molecule has 0 amide bonds. The van der Waals surface area contributed by atoms with Crippen LogP contribution in [0.3, 0.4) is 0 Å². The third-order valence-corrected chi connectivity index (χ3v) is 4.37. The maximum Gasteiger partial charge on any atom is 0.170 e. The molecule has 0 aromatic heterocycles. The van der Waals surface area contributed by atoms with Gasteiger partial charge in [0.25, 0.3) is 0 Å². The highest BCUT2D eigenvalue weighted by atomic mass is 79.9. The minimum Gasteiger partial charge on any atom is -0.299 e. The number of hydrogen-bond acceptors (Lipinski definition) is 4. The molecule has 0 saturated heterocycles. The van der Waals surface area contributed by atoms with Crippen LogP contribution in [0.25, 0.3) is 0 Å². The molecule has 2 aliphatic heterocycles. The van der Waals surface area contributed by atoms with Crippen LogP contribution < -0.4 is 0 Å². The van der Waals surface area contributed by atoms with E-state index < -0.39 is 0 Å². The zero-order valence-corrected chi connectivity index (χ0v) is 11.8. The zero-order chi connectivity index (χ0) is 11.8. The number of rotatable bonds is 1. The van der Waals surface area contributed by atoms with E-state index in [0.717, 1.165) is 34.1 Å². The van der Waals surface area contributed by atoms with Crippen LogP contribution in [0, 0.1) is 0 Å². The lowest BCUT2D eigenvalue weighted by Crippen LogP contribution is -2.43. The summed E-state index contributed by atoms with van der Waals surface area (Å²) in [6.07, 6.45) is 2.06. The average molecular weight is 310 g/mol. The lowest BCUT2D eigenvalue weighted by Gasteiger charge is -2.30. The summed E-state index contributed by atoms with van der Waals surface area (Å²) in [5.74, 6) is 1.07. The lowest BCUT2D eigenvalue weighted by molar-refractivity contribution is 0.530. The molecule has 1 unspecified atom stereocenters. The number of amidine groups is 2. The van der Waals surface area contributed by atoms with Crippen LogP contribution in [0.4, 0.5) is 5.69 Å². The number of aliphatic imine (C=N–C) groups is 2. The Bertz CT molecular complexity index is 512. The highest BCUT2D eigenvalue weighted by molar-refractivity contribution is 9.09. The van der Waals surface area contributed by atoms with E-state index in [-0.39, 0.29) is 0 Å². The molecule has 88 valence electrons. The Balaban J connectivity index is 2.14. The Hall–Kier alpha value is -0.810. The Morgan fingerprint density at radius 3 is 3.06 bits per heavy atom. The molecule has 1 atom stereocenters. The maximum atomic E-state index is 4.71. The van der Waals surface area contributed by atoms with E-state index in [1.807, 2.05) is 18.2 Å². The molecule has 0 bridgehead atoms. The van der Waals surface area contributed by atoms with Crippen LogP contribution in [0.5, 0.6) is 0 Å². The smallest absolute Gasteiger partial charge is 0.170 e. The summed E-state index contributed by atoms with van der Waals surface area (Å²) in [6, 6.07) is 8.60. The van der Waals surface area contributed by atoms with Crippen LogP contribution in [0.15, 0.2) is 34.3 Å². The quantitative estimate of drug-likeness (QED) is 0.746. The van der Waals surface area contributed by atoms with Gasteiger partial charge in [-0.2, -0.15) is 0 Å². The fourth-order valence-corrected chi connectivity index (χ4v) is 3.28. The number of halogens is 1. The molecule has 0 radical (unpaired) electrons. The summed E-state index contributed by atoms with van der Waals surface area (Å²) in [6.45, 7) is 0.842. The molecule has 3 nitrogen and oxygen atoms in total. The van der Waals surface area contributed by atoms with Crippen molar-refractivity contribution in [3.8, 4) is 0 Å². The van der Waals surface area contributed by atoms with E-state index >= 15 is 0 Å². The van der Waals surface area contributed by atoms with Crippen molar-refractivity contribution in [2.24, 2.45) is 9.98 Å². The molecule has 2 heterocycles. The van der Waals surface area contributed by atoms with Crippen molar-refractivity contribution in [3.05, 3.63) is 29.8 Å². The van der Waals surface area contributed by atoms with Gasteiger partial charge in [0.2, 0.25) is 0 Å². The van der Waals surface area contributed by atoms with Gasteiger partial charge in [0.05, 0.1) is 18.3 Å². The molecule has 0 saturated carbocycles. The van der Waals surface area contributed by atoms with E-state index in [4.69, 9.17) is 4.99 Å². The number of benzene rings is 1. The van der Waals surface area contributed by atoms with Gasteiger partial charge in [-0.25, -0.2) is 4.99 Å². The van der Waals surface area contributed by atoms with Crippen molar-refractivity contribution >= 4 is 44.4 Å². The number of nitrogens with zero attached hydrogens (tertiary/aromatic N) is 3. The molecule has 1 aromatic rings. The van der Waals surface area contributed by atoms with Gasteiger partial charge < -0.3 is 0 Å². The van der Waals surface area contributed by atoms with Gasteiger partial charge in [0.1, 0.15) is 5.84 Å². The predicted molar refractivity (Wildman–Crippen MR) is 77.9 cm³/mol. The van der Waals surface area contributed by atoms with Gasteiger partial charge in [-0.05, 0) is 18.4 Å². The summed E-state index contributed by atoms with van der Waals surface area (Å²) in [5.41, 5.74) is 2.18. The van der Waals surface area contributed by atoms with E-state index in [1.54, 1.807) is 11.8 Å². The summed E-state index contributed by atoms with van der Waals surface area (Å²) >= 11 is 5.23. The maximum absolute atomic E-state index is 4.71. The average Bonchev–Trinajstić information content (AvgIpc) is 2.82. The van der Waals surface area contributed by atoms with Crippen LogP contribution in [0.1, 0.15) is 5.56 Å². The number of para-hydroxylation sites is 1. The number of thioether (sulfide) groups is 1. The SMILES string of the molecule is CSC1=Nc2ccccc2C2=NCC(CBr)N12. The fourth-order valence-electron chi connectivity index (χ4n) is 2.16. The number of fused-ring (bicyclic) bond motifs is 3. The highest BCUT2D eigenvalue weighted by Crippen LogP contribution is 2.33. The zero-order valence-electron chi connectivity index (χ0n) is 9.43. The van der Waals surface area contributed by atoms with Crippen molar-refractivity contribution in [1.82, 2.24) is 4.90 Å². The fraction of sp³-hybridized carbons (Fsp3) is 0.333. The second-order valence-corrected chi connectivity index (χ2v) is 5.38. The van der Waals surface area contributed by atoms with Gasteiger partial charge >= 0.3 is 0 Å². The summed E-state index contributed by atoms with van der Waals surface area (Å²) < 4.78 is 0. The van der Waals surface area contributed by atoms with Crippen LogP contribution >= 0.6 is 27.7 Å². The van der Waals surface area contributed by atoms with Crippen molar-refractivity contribution in [3.63, 3.8) is 0 Å². The Labute approximate surface area is 113 Å². The minimum atomic E-state index is 0.393. The Morgan fingerprint density at radius 2 is 2.29 bits per heavy atom. The van der Waals surface area contributed by atoms with Gasteiger partial charge in [0, 0.05) is 10.9 Å². The van der Waals surface area contributed by atoms with E-state index in [2.05, 4.69) is 38.1 Å². The predicted octanol–water partition coefficient (Wildman–Crippen LogP) is 2.88. The molecule has 1 aromatic carbocycles. The monoisotopic (exact) mass is 309 g/mol. The Morgan fingerprint density at radius 1 is 1.47 bits per heavy atom. The van der Waals surface area contributed by atoms with Crippen molar-refractivity contribution < 1.29 is 0 Å². The lowest BCUT2D eigenvalue weighted by atomic mass is 10.1. The van der Waals surface area contributed by atoms with Gasteiger partial charge in [0.15, 0.2) is 5.17 Å². The van der Waals surface area contributed by atoms with Crippen molar-refractivity contribution in [2.75, 3.05) is 18.1 Å². The van der Waals surface area contributed by atoms with Gasteiger partial charge in [-0.1, -0.05) is 39.8 Å². The number of alkyl halides is 1. The van der Waals surface area contributed by atoms with Crippen LogP contribution in [-0.4, -0.2) is 40.1 Å². The van der Waals surface area contributed by atoms with Crippen LogP contribution in [-0.2, 0) is 0 Å². The van der Waals surface area contributed by atoms with E-state index in [0.29, 0.717) is 6.04 Å². The van der Waals surface area contributed by atoms with E-state index in [9.17, 15) is 0 Å². The molecule has 3 rings (SSSR count).